The number of nitrogens with one attached hydrogen (secondary N) is 2. The van der Waals surface area contributed by atoms with E-state index in [4.69, 9.17) is 0 Å². The molecule has 0 bridgehead atoms. The molecule has 0 aliphatic carbocycles. The predicted octanol–water partition coefficient (Wildman–Crippen LogP) is 6.19. The van der Waals surface area contributed by atoms with Gasteiger partial charge in [0.1, 0.15) is 23.5 Å². The lowest BCUT2D eigenvalue weighted by Crippen LogP contribution is -2.38. The number of carbonyl (C=O) groups excluding carboxylic acids is 1. The van der Waals surface area contributed by atoms with Crippen LogP contribution >= 0.6 is 0 Å². The summed E-state index contributed by atoms with van der Waals surface area (Å²) in [5.74, 6) is -1.40. The third kappa shape index (κ3) is 8.33. The number of unbranched alkanes of at least 4 members (excludes halogenated alkanes) is 1. The molecule has 0 aliphatic heterocycles. The van der Waals surface area contributed by atoms with Gasteiger partial charge in [0.15, 0.2) is 0 Å². The van der Waals surface area contributed by atoms with Crippen LogP contribution in [0, 0.1) is 38.2 Å². The van der Waals surface area contributed by atoms with E-state index < -0.39 is 11.9 Å². The third-order valence-corrected chi connectivity index (χ3v) is 6.40. The van der Waals surface area contributed by atoms with E-state index in [9.17, 15) is 23.2 Å². The van der Waals surface area contributed by atoms with Gasteiger partial charge in [-0.25, -0.2) is 18.7 Å². The van der Waals surface area contributed by atoms with Crippen molar-refractivity contribution in [2.75, 3.05) is 11.9 Å². The summed E-state index contributed by atoms with van der Waals surface area (Å²) in [5.41, 5.74) is 5.85. The van der Waals surface area contributed by atoms with Crippen molar-refractivity contribution in [3.05, 3.63) is 99.9 Å². The first-order valence-electron chi connectivity index (χ1n) is 12.4. The zero-order chi connectivity index (χ0) is 26.9. The first kappa shape index (κ1) is 28.2. The highest BCUT2D eigenvalue weighted by molar-refractivity contribution is 5.83. The summed E-state index contributed by atoms with van der Waals surface area (Å²) < 4.78 is 41.1. The number of rotatable bonds is 12. The Morgan fingerprint density at radius 2 is 1.32 bits per heavy atom. The first-order chi connectivity index (χ1) is 17.7. The maximum atomic E-state index is 13.8. The summed E-state index contributed by atoms with van der Waals surface area (Å²) in [7, 11) is 0. The fraction of sp³-hybridized carbons (Fsp3) is 0.345. The molecule has 0 spiro atoms. The van der Waals surface area contributed by atoms with Gasteiger partial charge in [0.25, 0.3) is 5.91 Å². The van der Waals surface area contributed by atoms with Crippen LogP contribution in [0.5, 0.6) is 0 Å². The Bertz CT molecular complexity index is 1170. The lowest BCUT2D eigenvalue weighted by molar-refractivity contribution is -0.130. The smallest absolute Gasteiger partial charge is 0.265 e. The largest absolute Gasteiger partial charge is 0.374 e. The maximum Gasteiger partial charge on any atom is 0.265 e. The molecule has 3 aromatic rings. The lowest BCUT2D eigenvalue weighted by atomic mass is 10.1. The van der Waals surface area contributed by atoms with Crippen molar-refractivity contribution in [1.29, 1.82) is 0 Å². The Hall–Kier alpha value is -3.36. The summed E-state index contributed by atoms with van der Waals surface area (Å²) in [6, 6.07) is 13.9. The van der Waals surface area contributed by atoms with Gasteiger partial charge < -0.3 is 5.32 Å². The molecule has 0 saturated heterocycles. The van der Waals surface area contributed by atoms with Crippen LogP contribution in [0.15, 0.2) is 54.6 Å². The number of hydrogen-bond donors (Lipinski definition) is 3. The van der Waals surface area contributed by atoms with Crippen LogP contribution in [0.3, 0.4) is 0 Å². The number of carbonyl (C=O) groups is 1. The third-order valence-electron chi connectivity index (χ3n) is 6.40. The average molecular weight is 514 g/mol. The molecule has 8 heteroatoms. The van der Waals surface area contributed by atoms with E-state index in [0.29, 0.717) is 54.9 Å². The first-order valence-corrected chi connectivity index (χ1v) is 12.4. The van der Waals surface area contributed by atoms with Crippen molar-refractivity contribution >= 4 is 11.6 Å². The monoisotopic (exact) mass is 513 g/mol. The number of hydroxylamine groups is 1. The van der Waals surface area contributed by atoms with Gasteiger partial charge in [-0.3, -0.25) is 14.9 Å². The van der Waals surface area contributed by atoms with Crippen molar-refractivity contribution in [2.24, 2.45) is 0 Å². The van der Waals surface area contributed by atoms with Gasteiger partial charge >= 0.3 is 0 Å². The molecule has 0 saturated carbocycles. The van der Waals surface area contributed by atoms with Crippen LogP contribution in [0.25, 0.3) is 0 Å². The topological polar surface area (TPSA) is 64.6 Å². The Morgan fingerprint density at radius 3 is 1.81 bits per heavy atom. The Kier molecular flexibility index (Phi) is 10.1. The van der Waals surface area contributed by atoms with Crippen molar-refractivity contribution < 1.29 is 23.2 Å². The maximum absolute atomic E-state index is 13.8. The van der Waals surface area contributed by atoms with E-state index in [2.05, 4.69) is 10.2 Å². The fourth-order valence-electron chi connectivity index (χ4n) is 4.31. The minimum Gasteiger partial charge on any atom is -0.374 e. The zero-order valence-electron chi connectivity index (χ0n) is 21.5. The van der Waals surface area contributed by atoms with E-state index >= 15 is 0 Å². The van der Waals surface area contributed by atoms with Crippen LogP contribution in [0.2, 0.25) is 0 Å². The van der Waals surface area contributed by atoms with Gasteiger partial charge in [0.2, 0.25) is 0 Å². The highest BCUT2D eigenvalue weighted by Gasteiger charge is 2.18. The van der Waals surface area contributed by atoms with E-state index in [0.717, 1.165) is 17.5 Å². The predicted molar refractivity (Wildman–Crippen MR) is 139 cm³/mol. The summed E-state index contributed by atoms with van der Waals surface area (Å²) in [6.45, 7) is 6.97. The van der Waals surface area contributed by atoms with Crippen LogP contribution in [0.4, 0.5) is 18.9 Å². The molecular weight excluding hydrogens is 479 g/mol. The van der Waals surface area contributed by atoms with Gasteiger partial charge in [0.05, 0.1) is 0 Å². The molecule has 0 fully saturated rings. The number of benzene rings is 3. The number of hydrogen-bond acceptors (Lipinski definition) is 4. The summed E-state index contributed by atoms with van der Waals surface area (Å²) in [4.78, 5) is 14.4. The standard InChI is InChI=1S/C29H34F3N3O2/c1-19-14-22(7-10-25(19)30)17-35(18-23-8-11-26(31)20(2)15-23)13-5-4-6-28(29(36)34-37)33-24-9-12-27(32)21(3)16-24/h7-12,14-16,28,33,37H,4-6,13,17-18H2,1-3H3,(H,34,36)/t28-/m1/s1. The van der Waals surface area contributed by atoms with Crippen molar-refractivity contribution in [2.45, 2.75) is 59.2 Å². The lowest BCUT2D eigenvalue weighted by Gasteiger charge is -2.24. The minimum atomic E-state index is -0.692. The van der Waals surface area contributed by atoms with Crippen molar-refractivity contribution in [3.63, 3.8) is 0 Å². The molecule has 0 radical (unpaired) electrons. The Labute approximate surface area is 216 Å². The number of nitrogens with zero attached hydrogens (tertiary/aromatic N) is 1. The molecule has 1 amide bonds. The quantitative estimate of drug-likeness (QED) is 0.154. The molecule has 0 unspecified atom stereocenters. The van der Waals surface area contributed by atoms with Crippen molar-refractivity contribution in [3.8, 4) is 0 Å². The van der Waals surface area contributed by atoms with Gasteiger partial charge in [-0.1, -0.05) is 24.3 Å². The Balaban J connectivity index is 1.64. The van der Waals surface area contributed by atoms with Crippen LogP contribution in [0.1, 0.15) is 47.1 Å². The molecule has 37 heavy (non-hydrogen) atoms. The van der Waals surface area contributed by atoms with Crippen LogP contribution < -0.4 is 10.8 Å². The van der Waals surface area contributed by atoms with E-state index in [1.807, 2.05) is 12.1 Å². The highest BCUT2D eigenvalue weighted by Crippen LogP contribution is 2.19. The molecule has 3 aromatic carbocycles. The average Bonchev–Trinajstić information content (AvgIpc) is 2.87. The second kappa shape index (κ2) is 13.3. The van der Waals surface area contributed by atoms with E-state index in [1.54, 1.807) is 50.5 Å². The second-order valence-corrected chi connectivity index (χ2v) is 9.51. The molecule has 198 valence electrons. The van der Waals surface area contributed by atoms with E-state index in [-0.39, 0.29) is 17.5 Å². The molecule has 0 aromatic heterocycles. The molecule has 0 heterocycles. The SMILES string of the molecule is Cc1cc(CN(CCCC[C@@H](Nc2ccc(F)c(C)c2)C(=O)NO)Cc2ccc(F)c(C)c2)ccc1F. The molecule has 3 rings (SSSR count). The van der Waals surface area contributed by atoms with Gasteiger partial charge in [-0.15, -0.1) is 0 Å². The second-order valence-electron chi connectivity index (χ2n) is 9.51. The molecule has 0 aliphatic rings. The summed E-state index contributed by atoms with van der Waals surface area (Å²) in [5, 5.41) is 12.2. The Morgan fingerprint density at radius 1 is 0.811 bits per heavy atom. The van der Waals surface area contributed by atoms with Gasteiger partial charge in [-0.2, -0.15) is 0 Å². The molecular formula is C29H34F3N3O2. The normalized spacial score (nSPS) is 12.0. The number of amides is 1. The van der Waals surface area contributed by atoms with Gasteiger partial charge in [-0.05, 0) is 105 Å². The van der Waals surface area contributed by atoms with Gasteiger partial charge in [0, 0.05) is 18.8 Å². The zero-order valence-corrected chi connectivity index (χ0v) is 21.5. The van der Waals surface area contributed by atoms with Crippen molar-refractivity contribution in [1.82, 2.24) is 10.4 Å². The molecule has 5 nitrogen and oxygen atoms in total. The fourth-order valence-corrected chi connectivity index (χ4v) is 4.31. The number of anilines is 1. The minimum absolute atomic E-state index is 0.249. The number of halogens is 3. The molecule has 1 atom stereocenters. The number of aryl methyl sites for hydroxylation is 3. The van der Waals surface area contributed by atoms with E-state index in [1.165, 1.54) is 18.2 Å². The van der Waals surface area contributed by atoms with Crippen LogP contribution in [-0.4, -0.2) is 28.6 Å². The summed E-state index contributed by atoms with van der Waals surface area (Å²) >= 11 is 0. The summed E-state index contributed by atoms with van der Waals surface area (Å²) in [6.07, 6.45) is 1.87. The highest BCUT2D eigenvalue weighted by atomic mass is 19.1. The van der Waals surface area contributed by atoms with Crippen LogP contribution in [-0.2, 0) is 17.9 Å². The molecule has 3 N–H and O–H groups in total.